The van der Waals surface area contributed by atoms with Gasteiger partial charge in [-0.05, 0) is 71.9 Å². The van der Waals surface area contributed by atoms with Gasteiger partial charge in [0.1, 0.15) is 29.5 Å². The number of Topliss-reactive ketones (excluding diaryl/α,β-unsaturated/α-hetero) is 1. The number of esters is 2. The van der Waals surface area contributed by atoms with Crippen LogP contribution in [0.4, 0.5) is 0 Å². The summed E-state index contributed by atoms with van der Waals surface area (Å²) in [6, 6.07) is 8.12. The van der Waals surface area contributed by atoms with Gasteiger partial charge in [0.25, 0.3) is 0 Å². The second-order valence-corrected chi connectivity index (χ2v) is 15.5. The van der Waals surface area contributed by atoms with Crippen molar-refractivity contribution in [2.45, 2.75) is 115 Å². The first-order valence-corrected chi connectivity index (χ1v) is 16.0. The molecule has 2 radical (unpaired) electrons. The number of fused-ring (bicyclic) bond motifs is 5. The maximum absolute atomic E-state index is 14.5. The number of benzene rings is 1. The molecule has 2 bridgehead atoms. The summed E-state index contributed by atoms with van der Waals surface area (Å²) in [6.07, 6.45) is -7.28. The van der Waals surface area contributed by atoms with Gasteiger partial charge in [-0.15, -0.1) is 0 Å². The van der Waals surface area contributed by atoms with Crippen LogP contribution in [0.25, 0.3) is 0 Å². The Hall–Kier alpha value is 0.213. The van der Waals surface area contributed by atoms with Gasteiger partial charge in [-0.2, -0.15) is 0 Å². The van der Waals surface area contributed by atoms with Gasteiger partial charge < -0.3 is 40.0 Å². The monoisotopic (exact) mass is 1100 g/mol. The SMILES string of the molecule is CNC(C)(C)C(C)(C)C(=O)OC1CC2(O)C(OC(=O)c3ccccc3)C3[C@]4(O)COC4CC(O)[C@@]3(C)C(=O)C(O)C(=C1C)C2(C)C.[Ac].[Ac]. The number of hydrogen-bond acceptors (Lipinski definition) is 11. The van der Waals surface area contributed by atoms with E-state index in [9.17, 15) is 34.8 Å². The van der Waals surface area contributed by atoms with E-state index in [-0.39, 0.29) is 119 Å². The Balaban J connectivity index is 0.00000312. The number of aliphatic hydroxyl groups is 4. The third-order valence-electron chi connectivity index (χ3n) is 12.6. The van der Waals surface area contributed by atoms with Crippen LogP contribution in [0.2, 0.25) is 0 Å². The molecule has 1 aromatic carbocycles. The number of carbonyl (C=O) groups excluding carboxylic acids is 3. The van der Waals surface area contributed by atoms with Crippen molar-refractivity contribution in [2.75, 3.05) is 13.7 Å². The van der Waals surface area contributed by atoms with Crippen molar-refractivity contribution in [2.24, 2.45) is 22.2 Å². The van der Waals surface area contributed by atoms with E-state index in [2.05, 4.69) is 5.32 Å². The van der Waals surface area contributed by atoms with Crippen molar-refractivity contribution in [3.05, 3.63) is 47.0 Å². The van der Waals surface area contributed by atoms with Crippen molar-refractivity contribution in [3.8, 4) is 0 Å². The van der Waals surface area contributed by atoms with Crippen molar-refractivity contribution < 1.29 is 137 Å². The average molecular weight is 1100 g/mol. The number of ketones is 1. The van der Waals surface area contributed by atoms with Gasteiger partial charge in [0.2, 0.25) is 0 Å². The molecule has 0 aromatic heterocycles. The van der Waals surface area contributed by atoms with E-state index in [1.165, 1.54) is 6.92 Å². The maximum Gasteiger partial charge on any atom is 0.338 e. The van der Waals surface area contributed by atoms with Crippen LogP contribution < -0.4 is 5.32 Å². The third kappa shape index (κ3) is 6.12. The molecule has 1 heterocycles. The summed E-state index contributed by atoms with van der Waals surface area (Å²) in [5.74, 6) is -3.60. The Labute approximate surface area is 354 Å². The van der Waals surface area contributed by atoms with E-state index in [1.807, 2.05) is 13.8 Å². The molecule has 1 aliphatic heterocycles. The topological polar surface area (TPSA) is 172 Å². The fourth-order valence-corrected chi connectivity index (χ4v) is 8.22. The molecule has 2 saturated carbocycles. The molecule has 4 aliphatic rings. The summed E-state index contributed by atoms with van der Waals surface area (Å²) in [6.45, 7) is 13.3. The first-order chi connectivity index (χ1) is 21.1. The van der Waals surface area contributed by atoms with Gasteiger partial charge in [0.15, 0.2) is 5.78 Å². The minimum Gasteiger partial charge on any atom is -0.457 e. The number of aliphatic hydroxyl groups excluding tert-OH is 2. The number of carbonyl (C=O) groups is 3. The van der Waals surface area contributed by atoms with Gasteiger partial charge in [0, 0.05) is 118 Å². The van der Waals surface area contributed by atoms with Gasteiger partial charge in [-0.25, -0.2) is 4.79 Å². The van der Waals surface area contributed by atoms with Crippen molar-refractivity contribution >= 4 is 17.7 Å². The molecule has 260 valence electrons. The standard InChI is InChI=1S/C35H49NO10.2Ac/c1-18-20(45-29(41)31(4,5)32(6,7)36-9)16-35(43)27(46-28(40)19-13-11-10-12-14-19)25-33(8,21(37)15-22-34(25,42)17-44-22)26(39)24(38)23(18)30(35,2)3;;/h10-14,20-22,24-25,27,36-38,42-43H,15-17H2,1-9H3;;/t20?,21?,22?,24?,25?,27?,33-,34+,35?;;/m1../s1. The summed E-state index contributed by atoms with van der Waals surface area (Å²) in [5, 5.41) is 51.9. The fraction of sp³-hybridized carbons (Fsp3) is 0.686. The molecule has 7 unspecified atom stereocenters. The summed E-state index contributed by atoms with van der Waals surface area (Å²) in [5.41, 5.74) is -8.33. The molecule has 9 atom stereocenters. The van der Waals surface area contributed by atoms with Crippen LogP contribution in [0.3, 0.4) is 0 Å². The second-order valence-electron chi connectivity index (χ2n) is 15.5. The Morgan fingerprint density at radius 3 is 2.10 bits per heavy atom. The third-order valence-corrected chi connectivity index (χ3v) is 12.6. The molecule has 1 saturated heterocycles. The summed E-state index contributed by atoms with van der Waals surface area (Å²) in [7, 11) is 1.73. The van der Waals surface area contributed by atoms with E-state index >= 15 is 0 Å². The molecule has 13 heteroatoms. The fourth-order valence-electron chi connectivity index (χ4n) is 8.22. The van der Waals surface area contributed by atoms with Crippen LogP contribution in [-0.4, -0.2) is 99.1 Å². The molecule has 1 aromatic rings. The van der Waals surface area contributed by atoms with Crippen molar-refractivity contribution in [1.29, 1.82) is 0 Å². The summed E-state index contributed by atoms with van der Waals surface area (Å²) >= 11 is 0. The molecule has 5 N–H and O–H groups in total. The number of nitrogens with one attached hydrogen (secondary N) is 1. The average Bonchev–Trinajstić information content (AvgIpc) is 2.99. The van der Waals surface area contributed by atoms with Crippen LogP contribution in [-0.2, 0) is 23.8 Å². The molecule has 11 nitrogen and oxygen atoms in total. The van der Waals surface area contributed by atoms with Gasteiger partial charge in [-0.3, -0.25) is 9.59 Å². The Morgan fingerprint density at radius 2 is 1.58 bits per heavy atom. The van der Waals surface area contributed by atoms with Crippen LogP contribution in [0.1, 0.15) is 78.6 Å². The van der Waals surface area contributed by atoms with E-state index < -0.39 is 87.1 Å². The van der Waals surface area contributed by atoms with Gasteiger partial charge >= 0.3 is 11.9 Å². The molecule has 48 heavy (non-hydrogen) atoms. The number of hydrogen-bond donors (Lipinski definition) is 5. The van der Waals surface area contributed by atoms with Gasteiger partial charge in [0.05, 0.1) is 35.2 Å². The summed E-state index contributed by atoms with van der Waals surface area (Å²) < 4.78 is 18.0. The Bertz CT molecular complexity index is 1460. The minimum absolute atomic E-state index is 0. The largest absolute Gasteiger partial charge is 0.457 e. The molecule has 5 rings (SSSR count). The van der Waals surface area contributed by atoms with Crippen LogP contribution in [0, 0.1) is 110 Å². The van der Waals surface area contributed by atoms with E-state index in [4.69, 9.17) is 14.2 Å². The molecule has 0 amide bonds. The Morgan fingerprint density at radius 1 is 1.00 bits per heavy atom. The second kappa shape index (κ2) is 14.2. The van der Waals surface area contributed by atoms with Crippen LogP contribution in [0.15, 0.2) is 41.5 Å². The van der Waals surface area contributed by atoms with Crippen LogP contribution >= 0.6 is 0 Å². The number of ether oxygens (including phenoxy) is 3. The first-order valence-electron chi connectivity index (χ1n) is 16.0. The van der Waals surface area contributed by atoms with Gasteiger partial charge in [-0.1, -0.05) is 32.0 Å². The maximum atomic E-state index is 14.5. The molecule has 3 fully saturated rings. The normalized spacial score (nSPS) is 37.2. The molecule has 3 aliphatic carbocycles. The zero-order valence-electron chi connectivity index (χ0n) is 29.4. The predicted molar refractivity (Wildman–Crippen MR) is 166 cm³/mol. The quantitative estimate of drug-likeness (QED) is 0.209. The zero-order valence-corrected chi connectivity index (χ0v) is 38.9. The molecule has 0 spiro atoms. The molecular weight excluding hydrogens is 1050 g/mol. The number of rotatable bonds is 6. The predicted octanol–water partition coefficient (Wildman–Crippen LogP) is 2.09. The van der Waals surface area contributed by atoms with E-state index in [0.29, 0.717) is 5.57 Å². The minimum atomic E-state index is -2.12. The zero-order chi connectivity index (χ0) is 34.4. The van der Waals surface area contributed by atoms with Crippen molar-refractivity contribution in [1.82, 2.24) is 5.32 Å². The van der Waals surface area contributed by atoms with E-state index in [1.54, 1.807) is 72.0 Å². The smallest absolute Gasteiger partial charge is 0.338 e. The van der Waals surface area contributed by atoms with E-state index in [0.717, 1.165) is 0 Å². The van der Waals surface area contributed by atoms with Crippen molar-refractivity contribution in [3.63, 3.8) is 0 Å². The molecular formula is C35H49Ac2NO10. The first kappa shape index (κ1) is 42.6. The van der Waals surface area contributed by atoms with Crippen LogP contribution in [0.5, 0.6) is 0 Å². The summed E-state index contributed by atoms with van der Waals surface area (Å²) in [4.78, 5) is 42.2. The Kier molecular flexibility index (Phi) is 12.6.